The number of rotatable bonds is 7. The number of pyridine rings is 2. The number of esters is 1. The van der Waals surface area contributed by atoms with Crippen molar-refractivity contribution in [1.29, 1.82) is 0 Å². The van der Waals surface area contributed by atoms with E-state index in [1.54, 1.807) is 43.6 Å². The Kier molecular flexibility index (Phi) is 7.07. The number of hydrogen-bond donors (Lipinski definition) is 0. The number of ether oxygens (including phenoxy) is 2. The topological polar surface area (TPSA) is 116 Å². The van der Waals surface area contributed by atoms with Crippen LogP contribution in [0, 0.1) is 6.92 Å². The van der Waals surface area contributed by atoms with Crippen LogP contribution in [-0.4, -0.2) is 57.3 Å². The van der Waals surface area contributed by atoms with E-state index in [1.807, 2.05) is 0 Å². The molecule has 0 fully saturated rings. The standard InChI is InChI=1S/C23H23N3O6S/c1-15-10-16(12-17(11-15)33(4,29)30)23(28)26(14-21(27)31-2)20-13-24-9-7-18(20)19-6-5-8-25-22(19)32-3/h5-13H,14H2,1-4H3. The quantitative estimate of drug-likeness (QED) is 0.485. The van der Waals surface area contributed by atoms with Crippen molar-refractivity contribution in [3.63, 3.8) is 0 Å². The molecule has 0 saturated heterocycles. The van der Waals surface area contributed by atoms with Crippen LogP contribution in [0.3, 0.4) is 0 Å². The first-order valence-electron chi connectivity index (χ1n) is 9.79. The second-order valence-corrected chi connectivity index (χ2v) is 9.24. The first kappa shape index (κ1) is 23.9. The molecular weight excluding hydrogens is 446 g/mol. The van der Waals surface area contributed by atoms with E-state index in [4.69, 9.17) is 9.47 Å². The highest BCUT2D eigenvalue weighted by molar-refractivity contribution is 7.90. The van der Waals surface area contributed by atoms with E-state index in [2.05, 4.69) is 9.97 Å². The summed E-state index contributed by atoms with van der Waals surface area (Å²) >= 11 is 0. The number of aryl methyl sites for hydroxylation is 1. The third-order valence-electron chi connectivity index (χ3n) is 4.83. The molecule has 9 nitrogen and oxygen atoms in total. The van der Waals surface area contributed by atoms with E-state index in [1.165, 1.54) is 37.4 Å². The third kappa shape index (κ3) is 5.35. The SMILES string of the molecule is COC(=O)CN(C(=O)c1cc(C)cc(S(C)(=O)=O)c1)c1cnccc1-c1cccnc1OC. The molecule has 3 rings (SSSR count). The van der Waals surface area contributed by atoms with Gasteiger partial charge in [-0.2, -0.15) is 0 Å². The number of carbonyl (C=O) groups is 2. The van der Waals surface area contributed by atoms with Crippen LogP contribution < -0.4 is 9.64 Å². The highest BCUT2D eigenvalue weighted by Gasteiger charge is 2.26. The summed E-state index contributed by atoms with van der Waals surface area (Å²) in [4.78, 5) is 35.4. The van der Waals surface area contributed by atoms with Gasteiger partial charge >= 0.3 is 5.97 Å². The van der Waals surface area contributed by atoms with Crippen molar-refractivity contribution in [2.24, 2.45) is 0 Å². The number of nitrogens with zero attached hydrogens (tertiary/aromatic N) is 3. The van der Waals surface area contributed by atoms with Gasteiger partial charge in [0.25, 0.3) is 5.91 Å². The number of anilines is 1. The van der Waals surface area contributed by atoms with Crippen molar-refractivity contribution in [3.05, 3.63) is 66.1 Å². The molecule has 1 amide bonds. The third-order valence-corrected chi connectivity index (χ3v) is 5.92. The molecule has 0 saturated carbocycles. The molecular formula is C23H23N3O6S. The van der Waals surface area contributed by atoms with Crippen LogP contribution in [0.5, 0.6) is 5.88 Å². The summed E-state index contributed by atoms with van der Waals surface area (Å²) in [5.74, 6) is -0.927. The zero-order valence-electron chi connectivity index (χ0n) is 18.6. The van der Waals surface area contributed by atoms with Crippen LogP contribution in [-0.2, 0) is 19.4 Å². The Hall–Kier alpha value is -3.79. The van der Waals surface area contributed by atoms with Gasteiger partial charge in [0.15, 0.2) is 9.84 Å². The number of methoxy groups -OCH3 is 2. The maximum atomic E-state index is 13.6. The molecule has 0 unspecified atom stereocenters. The summed E-state index contributed by atoms with van der Waals surface area (Å²) in [6.45, 7) is 1.27. The van der Waals surface area contributed by atoms with Crippen molar-refractivity contribution in [2.45, 2.75) is 11.8 Å². The van der Waals surface area contributed by atoms with Crippen LogP contribution in [0.15, 0.2) is 59.9 Å². The summed E-state index contributed by atoms with van der Waals surface area (Å²) in [5.41, 5.74) is 2.12. The summed E-state index contributed by atoms with van der Waals surface area (Å²) in [6, 6.07) is 9.47. The molecule has 33 heavy (non-hydrogen) atoms. The van der Waals surface area contributed by atoms with Crippen LogP contribution >= 0.6 is 0 Å². The van der Waals surface area contributed by atoms with Crippen molar-refractivity contribution in [3.8, 4) is 17.0 Å². The number of sulfone groups is 1. The van der Waals surface area contributed by atoms with E-state index in [9.17, 15) is 18.0 Å². The Balaban J connectivity index is 2.20. The Morgan fingerprint density at radius 3 is 2.48 bits per heavy atom. The minimum Gasteiger partial charge on any atom is -0.481 e. The molecule has 3 aromatic rings. The predicted molar refractivity (Wildman–Crippen MR) is 122 cm³/mol. The molecule has 0 radical (unpaired) electrons. The van der Waals surface area contributed by atoms with Gasteiger partial charge in [-0.1, -0.05) is 0 Å². The van der Waals surface area contributed by atoms with E-state index in [0.29, 0.717) is 28.3 Å². The van der Waals surface area contributed by atoms with Crippen molar-refractivity contribution in [1.82, 2.24) is 9.97 Å². The van der Waals surface area contributed by atoms with Crippen LogP contribution in [0.25, 0.3) is 11.1 Å². The molecule has 2 aromatic heterocycles. The number of carbonyl (C=O) groups excluding carboxylic acids is 2. The molecule has 0 spiro atoms. The lowest BCUT2D eigenvalue weighted by Gasteiger charge is -2.24. The van der Waals surface area contributed by atoms with Gasteiger partial charge in [-0.25, -0.2) is 13.4 Å². The van der Waals surface area contributed by atoms with Crippen molar-refractivity contribution < 1.29 is 27.5 Å². The molecule has 172 valence electrons. The fourth-order valence-electron chi connectivity index (χ4n) is 3.29. The van der Waals surface area contributed by atoms with Crippen LogP contribution in [0.2, 0.25) is 0 Å². The Morgan fingerprint density at radius 2 is 1.82 bits per heavy atom. The average molecular weight is 470 g/mol. The van der Waals surface area contributed by atoms with E-state index in [-0.39, 0.29) is 10.5 Å². The molecule has 10 heteroatoms. The first-order valence-corrected chi connectivity index (χ1v) is 11.7. The monoisotopic (exact) mass is 469 g/mol. The number of aromatic nitrogens is 2. The molecule has 0 aliphatic rings. The smallest absolute Gasteiger partial charge is 0.325 e. The van der Waals surface area contributed by atoms with E-state index in [0.717, 1.165) is 6.26 Å². The minimum absolute atomic E-state index is 0.00390. The number of amides is 1. The van der Waals surface area contributed by atoms with Gasteiger partial charge < -0.3 is 9.47 Å². The van der Waals surface area contributed by atoms with Crippen molar-refractivity contribution >= 4 is 27.4 Å². The highest BCUT2D eigenvalue weighted by atomic mass is 32.2. The van der Waals surface area contributed by atoms with Gasteiger partial charge in [0, 0.05) is 35.3 Å². The molecule has 0 atom stereocenters. The molecule has 2 heterocycles. The van der Waals surface area contributed by atoms with E-state index < -0.39 is 28.3 Å². The minimum atomic E-state index is -3.56. The maximum Gasteiger partial charge on any atom is 0.325 e. The molecule has 0 aliphatic heterocycles. The summed E-state index contributed by atoms with van der Waals surface area (Å²) < 4.78 is 34.4. The zero-order valence-corrected chi connectivity index (χ0v) is 19.4. The van der Waals surface area contributed by atoms with Gasteiger partial charge in [0.2, 0.25) is 5.88 Å². The summed E-state index contributed by atoms with van der Waals surface area (Å²) in [5, 5.41) is 0. The fourth-order valence-corrected chi connectivity index (χ4v) is 4.03. The Bertz CT molecular complexity index is 1310. The largest absolute Gasteiger partial charge is 0.481 e. The first-order chi connectivity index (χ1) is 15.7. The Morgan fingerprint density at radius 1 is 1.06 bits per heavy atom. The molecule has 1 aromatic carbocycles. The average Bonchev–Trinajstić information content (AvgIpc) is 2.81. The van der Waals surface area contributed by atoms with Crippen LogP contribution in [0.1, 0.15) is 15.9 Å². The predicted octanol–water partition coefficient (Wildman–Crippen LogP) is 2.68. The number of hydrogen-bond acceptors (Lipinski definition) is 8. The Labute approximate surface area is 191 Å². The maximum absolute atomic E-state index is 13.6. The van der Waals surface area contributed by atoms with Crippen LogP contribution in [0.4, 0.5) is 5.69 Å². The highest BCUT2D eigenvalue weighted by Crippen LogP contribution is 2.35. The lowest BCUT2D eigenvalue weighted by Crippen LogP contribution is -2.37. The molecule has 0 aliphatic carbocycles. The second-order valence-electron chi connectivity index (χ2n) is 7.23. The summed E-state index contributed by atoms with van der Waals surface area (Å²) in [6.07, 6.45) is 5.62. The second kappa shape index (κ2) is 9.78. The summed E-state index contributed by atoms with van der Waals surface area (Å²) in [7, 11) is -0.867. The number of benzene rings is 1. The van der Waals surface area contributed by atoms with Gasteiger partial charge in [0.1, 0.15) is 6.54 Å². The normalized spacial score (nSPS) is 11.0. The zero-order chi connectivity index (χ0) is 24.2. The lowest BCUT2D eigenvalue weighted by atomic mass is 10.0. The fraction of sp³-hybridized carbons (Fsp3) is 0.217. The van der Waals surface area contributed by atoms with Gasteiger partial charge in [0.05, 0.1) is 31.0 Å². The van der Waals surface area contributed by atoms with E-state index >= 15 is 0 Å². The lowest BCUT2D eigenvalue weighted by molar-refractivity contribution is -0.138. The van der Waals surface area contributed by atoms with Gasteiger partial charge in [-0.3, -0.25) is 19.5 Å². The van der Waals surface area contributed by atoms with Gasteiger partial charge in [-0.05, 0) is 48.9 Å². The van der Waals surface area contributed by atoms with Crippen molar-refractivity contribution in [2.75, 3.05) is 31.9 Å². The molecule has 0 N–H and O–H groups in total. The van der Waals surface area contributed by atoms with Gasteiger partial charge in [-0.15, -0.1) is 0 Å². The molecule has 0 bridgehead atoms.